The van der Waals surface area contributed by atoms with Crippen LogP contribution in [-0.2, 0) is 11.2 Å². The van der Waals surface area contributed by atoms with Crippen molar-refractivity contribution in [1.82, 2.24) is 4.98 Å². The molecule has 1 amide bonds. The summed E-state index contributed by atoms with van der Waals surface area (Å²) < 4.78 is 35.8. The second-order valence-corrected chi connectivity index (χ2v) is 8.58. The van der Waals surface area contributed by atoms with Crippen LogP contribution in [0.25, 0.3) is 0 Å². The minimum Gasteiger partial charge on any atom is -0.486 e. The summed E-state index contributed by atoms with van der Waals surface area (Å²) in [6.07, 6.45) is 4.71. The predicted molar refractivity (Wildman–Crippen MR) is 112 cm³/mol. The van der Waals surface area contributed by atoms with Crippen molar-refractivity contribution in [2.24, 2.45) is 11.8 Å². The summed E-state index contributed by atoms with van der Waals surface area (Å²) in [4.78, 5) is 28.7. The second kappa shape index (κ2) is 9.13. The molecule has 0 bridgehead atoms. The van der Waals surface area contributed by atoms with Crippen LogP contribution in [0.15, 0.2) is 36.2 Å². The van der Waals surface area contributed by atoms with Gasteiger partial charge in [0.05, 0.1) is 0 Å². The monoisotopic (exact) mass is 448 g/mol. The molecule has 6 nitrogen and oxygen atoms in total. The maximum Gasteiger partial charge on any atom is 0.387 e. The zero-order valence-electron chi connectivity index (χ0n) is 16.7. The number of nitrogens with zero attached hydrogens (tertiary/aromatic N) is 1. The van der Waals surface area contributed by atoms with Crippen molar-refractivity contribution in [3.05, 3.63) is 47.5 Å². The smallest absolute Gasteiger partial charge is 0.387 e. The molecule has 2 saturated carbocycles. The number of ether oxygens (including phenoxy) is 2. The fourth-order valence-electron chi connectivity index (χ4n) is 3.39. The highest BCUT2D eigenvalue weighted by molar-refractivity contribution is 7.14. The topological polar surface area (TPSA) is 77.5 Å². The van der Waals surface area contributed by atoms with Gasteiger partial charge in [0.15, 0.2) is 22.4 Å². The van der Waals surface area contributed by atoms with Gasteiger partial charge in [0.2, 0.25) is 5.91 Å². The van der Waals surface area contributed by atoms with E-state index in [1.807, 2.05) is 0 Å². The van der Waals surface area contributed by atoms with Gasteiger partial charge in [-0.05, 0) is 49.8 Å². The summed E-state index contributed by atoms with van der Waals surface area (Å²) in [5.41, 5.74) is 1.27. The number of benzene rings is 1. The van der Waals surface area contributed by atoms with E-state index in [4.69, 9.17) is 4.74 Å². The molecule has 1 aromatic heterocycles. The molecule has 2 aromatic rings. The molecular weight excluding hydrogens is 426 g/mol. The number of hydrogen-bond acceptors (Lipinski definition) is 6. The summed E-state index contributed by atoms with van der Waals surface area (Å²) in [6.45, 7) is 0.716. The standard InChI is InChI=1S/C22H22F2N2O4S/c1-2-3-12-4-7-17(30-21(23)24)18(8-12)29-15-9-14(10-15)20(28)26-22-25-16(11-31-22)19(27)13-5-6-13/h2,4,7-8,11,13-15,21H,1,3,5-6,9-10H2,(H,25,26,28)/t14-,15-. The molecular formula is C22H22F2N2O4S. The number of rotatable bonds is 10. The minimum atomic E-state index is -2.96. The van der Waals surface area contributed by atoms with Gasteiger partial charge >= 0.3 is 6.61 Å². The van der Waals surface area contributed by atoms with E-state index in [1.165, 1.54) is 17.4 Å². The fraction of sp³-hybridized carbons (Fsp3) is 0.409. The Hall–Kier alpha value is -2.81. The van der Waals surface area contributed by atoms with Crippen LogP contribution in [0.5, 0.6) is 11.5 Å². The van der Waals surface area contributed by atoms with Crippen molar-refractivity contribution in [1.29, 1.82) is 0 Å². The lowest BCUT2D eigenvalue weighted by Gasteiger charge is -2.34. The third-order valence-corrected chi connectivity index (χ3v) is 6.06. The number of hydrogen-bond donors (Lipinski definition) is 1. The van der Waals surface area contributed by atoms with Gasteiger partial charge in [-0.2, -0.15) is 8.78 Å². The summed E-state index contributed by atoms with van der Waals surface area (Å²) in [5, 5.41) is 4.83. The average Bonchev–Trinajstić information content (AvgIpc) is 3.44. The second-order valence-electron chi connectivity index (χ2n) is 7.73. The van der Waals surface area contributed by atoms with E-state index in [2.05, 4.69) is 21.6 Å². The Morgan fingerprint density at radius 1 is 1.26 bits per heavy atom. The average molecular weight is 448 g/mol. The van der Waals surface area contributed by atoms with Crippen molar-refractivity contribution in [3.8, 4) is 11.5 Å². The van der Waals surface area contributed by atoms with Crippen LogP contribution < -0.4 is 14.8 Å². The molecule has 0 spiro atoms. The third kappa shape index (κ3) is 5.28. The summed E-state index contributed by atoms with van der Waals surface area (Å²) in [7, 11) is 0. The van der Waals surface area contributed by atoms with Crippen LogP contribution in [0.2, 0.25) is 0 Å². The number of carbonyl (C=O) groups is 2. The third-order valence-electron chi connectivity index (χ3n) is 5.30. The van der Waals surface area contributed by atoms with Gasteiger partial charge < -0.3 is 14.8 Å². The van der Waals surface area contributed by atoms with Gasteiger partial charge in [0.1, 0.15) is 11.8 Å². The number of aromatic nitrogens is 1. The molecule has 0 radical (unpaired) electrons. The molecule has 4 rings (SSSR count). The Morgan fingerprint density at radius 2 is 2.03 bits per heavy atom. The van der Waals surface area contributed by atoms with Crippen molar-refractivity contribution in [2.45, 2.75) is 44.8 Å². The van der Waals surface area contributed by atoms with Crippen LogP contribution in [0.1, 0.15) is 41.7 Å². The number of carbonyl (C=O) groups excluding carboxylic acids is 2. The molecule has 2 aliphatic rings. The highest BCUT2D eigenvalue weighted by atomic mass is 32.1. The van der Waals surface area contributed by atoms with E-state index in [0.717, 1.165) is 18.4 Å². The van der Waals surface area contributed by atoms with E-state index < -0.39 is 6.61 Å². The van der Waals surface area contributed by atoms with E-state index in [1.54, 1.807) is 23.6 Å². The molecule has 0 aliphatic heterocycles. The molecule has 9 heteroatoms. The molecule has 1 N–H and O–H groups in total. The molecule has 2 fully saturated rings. The molecule has 0 atom stereocenters. The SMILES string of the molecule is C=CCc1ccc(OC(F)F)c(O[C@H]2C[C@H](C(=O)Nc3nc(C(=O)C4CC4)cs3)C2)c1. The first-order valence-corrected chi connectivity index (χ1v) is 11.0. The number of alkyl halides is 2. The van der Waals surface area contributed by atoms with Crippen LogP contribution in [0, 0.1) is 11.8 Å². The van der Waals surface area contributed by atoms with Crippen LogP contribution in [0.3, 0.4) is 0 Å². The highest BCUT2D eigenvalue weighted by Gasteiger charge is 2.37. The first-order valence-electron chi connectivity index (χ1n) is 10.1. The van der Waals surface area contributed by atoms with Gasteiger partial charge in [-0.1, -0.05) is 12.1 Å². The van der Waals surface area contributed by atoms with E-state index in [9.17, 15) is 18.4 Å². The van der Waals surface area contributed by atoms with Crippen molar-refractivity contribution >= 4 is 28.2 Å². The lowest BCUT2D eigenvalue weighted by atomic mass is 9.81. The van der Waals surface area contributed by atoms with Crippen molar-refractivity contribution in [2.75, 3.05) is 5.32 Å². The fourth-order valence-corrected chi connectivity index (χ4v) is 4.10. The maximum absolute atomic E-state index is 12.7. The van der Waals surface area contributed by atoms with Gasteiger partial charge in [-0.3, -0.25) is 9.59 Å². The summed E-state index contributed by atoms with van der Waals surface area (Å²) in [6, 6.07) is 4.78. The first kappa shape index (κ1) is 21.4. The van der Waals surface area contributed by atoms with Crippen LogP contribution in [0.4, 0.5) is 13.9 Å². The number of thiazole rings is 1. The van der Waals surface area contributed by atoms with Gasteiger partial charge in [-0.15, -0.1) is 17.9 Å². The summed E-state index contributed by atoms with van der Waals surface area (Å²) in [5.74, 6) is -0.150. The van der Waals surface area contributed by atoms with E-state index in [0.29, 0.717) is 30.1 Å². The molecule has 164 valence electrons. The minimum absolute atomic E-state index is 0.0358. The molecule has 0 saturated heterocycles. The normalized spacial score (nSPS) is 20.1. The van der Waals surface area contributed by atoms with Gasteiger partial charge in [0, 0.05) is 17.2 Å². The zero-order chi connectivity index (χ0) is 22.0. The summed E-state index contributed by atoms with van der Waals surface area (Å²) >= 11 is 1.23. The number of Topliss-reactive ketones (excluding diaryl/α,β-unsaturated/α-hetero) is 1. The molecule has 1 heterocycles. The predicted octanol–water partition coefficient (Wildman–Crippen LogP) is 4.86. The molecule has 0 unspecified atom stereocenters. The van der Waals surface area contributed by atoms with Gasteiger partial charge in [0.25, 0.3) is 0 Å². The Bertz CT molecular complexity index is 984. The highest BCUT2D eigenvalue weighted by Crippen LogP contribution is 2.38. The number of nitrogens with one attached hydrogen (secondary N) is 1. The number of amides is 1. The Kier molecular flexibility index (Phi) is 6.31. The van der Waals surface area contributed by atoms with Crippen molar-refractivity contribution in [3.63, 3.8) is 0 Å². The number of halogens is 2. The lowest BCUT2D eigenvalue weighted by Crippen LogP contribution is -2.40. The van der Waals surface area contributed by atoms with E-state index >= 15 is 0 Å². The van der Waals surface area contributed by atoms with Crippen LogP contribution >= 0.6 is 11.3 Å². The largest absolute Gasteiger partial charge is 0.486 e. The number of anilines is 1. The quantitative estimate of drug-likeness (QED) is 0.415. The Labute approximate surface area is 182 Å². The van der Waals surface area contributed by atoms with Crippen molar-refractivity contribution < 1.29 is 27.8 Å². The first-order chi connectivity index (χ1) is 14.9. The number of ketones is 1. The number of allylic oxidation sites excluding steroid dienone is 1. The Morgan fingerprint density at radius 3 is 2.71 bits per heavy atom. The molecule has 2 aliphatic carbocycles. The van der Waals surface area contributed by atoms with E-state index in [-0.39, 0.29) is 41.1 Å². The lowest BCUT2D eigenvalue weighted by molar-refractivity contribution is -0.125. The maximum atomic E-state index is 12.7. The molecule has 31 heavy (non-hydrogen) atoms. The van der Waals surface area contributed by atoms with Gasteiger partial charge in [-0.25, -0.2) is 4.98 Å². The Balaban J connectivity index is 1.31. The zero-order valence-corrected chi connectivity index (χ0v) is 17.5. The molecule has 1 aromatic carbocycles. The van der Waals surface area contributed by atoms with Crippen LogP contribution in [-0.4, -0.2) is 29.4 Å².